The number of rotatable bonds is 0. The van der Waals surface area contributed by atoms with Crippen LogP contribution in [0.3, 0.4) is 0 Å². The minimum Gasteiger partial charge on any atom is -0.366 e. The zero-order valence-corrected chi connectivity index (χ0v) is 5.42. The molecule has 0 bridgehead atoms. The number of alkyl halides is 3. The zero-order chi connectivity index (χ0) is 7.78. The van der Waals surface area contributed by atoms with Gasteiger partial charge in [0.25, 0.3) is 0 Å². The molecule has 0 atom stereocenters. The first-order valence-electron chi connectivity index (χ1n) is 2.41. The fourth-order valence-electron chi connectivity index (χ4n) is 0.562. The molecule has 1 rings (SSSR count). The number of H-pyrrole nitrogens is 1. The number of hydrogen-bond donors (Lipinski definition) is 1. The fourth-order valence-corrected chi connectivity index (χ4v) is 0.787. The summed E-state index contributed by atoms with van der Waals surface area (Å²) >= 11 is 5.17. The Bertz CT molecular complexity index is 227. The molecule has 0 spiro atoms. The van der Waals surface area contributed by atoms with Gasteiger partial charge in [-0.2, -0.15) is 13.2 Å². The van der Waals surface area contributed by atoms with Crippen LogP contribution < -0.4 is 0 Å². The summed E-state index contributed by atoms with van der Waals surface area (Å²) in [6.45, 7) is 0. The number of halogens is 4. The van der Waals surface area contributed by atoms with Gasteiger partial charge in [0.05, 0.1) is 10.6 Å². The van der Waals surface area contributed by atoms with Gasteiger partial charge in [0, 0.05) is 12.4 Å². The lowest BCUT2D eigenvalue weighted by atomic mass is 10.3. The first-order chi connectivity index (χ1) is 4.52. The van der Waals surface area contributed by atoms with Gasteiger partial charge in [0.1, 0.15) is 0 Å². The van der Waals surface area contributed by atoms with Gasteiger partial charge >= 0.3 is 6.18 Å². The van der Waals surface area contributed by atoms with Crippen molar-refractivity contribution >= 4 is 11.6 Å². The van der Waals surface area contributed by atoms with Crippen LogP contribution in [0.4, 0.5) is 13.2 Å². The minimum absolute atomic E-state index is 0.299. The molecule has 1 N–H and O–H groups in total. The highest BCUT2D eigenvalue weighted by molar-refractivity contribution is 6.31. The second kappa shape index (κ2) is 2.20. The van der Waals surface area contributed by atoms with Crippen molar-refractivity contribution in [3.8, 4) is 0 Å². The van der Waals surface area contributed by atoms with Crippen molar-refractivity contribution in [3.05, 3.63) is 23.0 Å². The summed E-state index contributed by atoms with van der Waals surface area (Å²) in [5.74, 6) is 0. The van der Waals surface area contributed by atoms with Crippen LogP contribution in [-0.2, 0) is 6.18 Å². The third kappa shape index (κ3) is 1.26. The molecule has 1 nitrogen and oxygen atoms in total. The Labute approximate surface area is 59.8 Å². The van der Waals surface area contributed by atoms with Gasteiger partial charge in [-0.1, -0.05) is 11.6 Å². The molecule has 0 aliphatic rings. The van der Waals surface area contributed by atoms with Crippen molar-refractivity contribution in [2.75, 3.05) is 0 Å². The fraction of sp³-hybridized carbons (Fsp3) is 0.200. The van der Waals surface area contributed by atoms with Crippen molar-refractivity contribution < 1.29 is 13.2 Å². The smallest absolute Gasteiger partial charge is 0.366 e. The third-order valence-electron chi connectivity index (χ3n) is 1.00. The van der Waals surface area contributed by atoms with Gasteiger partial charge in [0.15, 0.2) is 0 Å². The number of nitrogens with one attached hydrogen (secondary N) is 1. The molecule has 0 amide bonds. The lowest BCUT2D eigenvalue weighted by Crippen LogP contribution is -2.03. The molecular formula is C5H3ClF3N. The molecule has 0 fully saturated rings. The van der Waals surface area contributed by atoms with Crippen molar-refractivity contribution in [2.45, 2.75) is 6.18 Å². The van der Waals surface area contributed by atoms with E-state index in [0.717, 1.165) is 12.4 Å². The molecule has 0 aliphatic heterocycles. The minimum atomic E-state index is -4.35. The monoisotopic (exact) mass is 169 g/mol. The lowest BCUT2D eigenvalue weighted by Gasteiger charge is -2.01. The van der Waals surface area contributed by atoms with E-state index in [0.29, 0.717) is 0 Å². The van der Waals surface area contributed by atoms with Crippen LogP contribution in [0.15, 0.2) is 12.4 Å². The molecule has 1 aromatic heterocycles. The molecule has 56 valence electrons. The molecular weight excluding hydrogens is 167 g/mol. The predicted octanol–water partition coefficient (Wildman–Crippen LogP) is 2.69. The van der Waals surface area contributed by atoms with Crippen LogP contribution in [0.1, 0.15) is 5.56 Å². The van der Waals surface area contributed by atoms with Gasteiger partial charge < -0.3 is 4.98 Å². The van der Waals surface area contributed by atoms with E-state index in [1.165, 1.54) is 0 Å². The maximum Gasteiger partial charge on any atom is 0.419 e. The van der Waals surface area contributed by atoms with Crippen LogP contribution in [0.5, 0.6) is 0 Å². The molecule has 0 aliphatic carbocycles. The molecule has 0 saturated heterocycles. The molecule has 0 aromatic carbocycles. The van der Waals surface area contributed by atoms with Gasteiger partial charge in [-0.25, -0.2) is 0 Å². The van der Waals surface area contributed by atoms with Gasteiger partial charge in [-0.15, -0.1) is 0 Å². The number of hydrogen-bond acceptors (Lipinski definition) is 0. The van der Waals surface area contributed by atoms with E-state index < -0.39 is 11.7 Å². The van der Waals surface area contributed by atoms with Gasteiger partial charge in [0.2, 0.25) is 0 Å². The highest BCUT2D eigenvalue weighted by Crippen LogP contribution is 2.33. The topological polar surface area (TPSA) is 15.8 Å². The quantitative estimate of drug-likeness (QED) is 0.615. The standard InChI is InChI=1S/C5H3ClF3N/c6-4-2-10-1-3(4)5(7,8)9/h1-2,10H. The van der Waals surface area contributed by atoms with Crippen LogP contribution in [-0.4, -0.2) is 4.98 Å². The van der Waals surface area contributed by atoms with Crippen molar-refractivity contribution in [1.29, 1.82) is 0 Å². The second-order valence-electron chi connectivity index (χ2n) is 1.71. The zero-order valence-electron chi connectivity index (χ0n) is 4.67. The first-order valence-corrected chi connectivity index (χ1v) is 2.79. The van der Waals surface area contributed by atoms with Gasteiger partial charge in [-0.05, 0) is 0 Å². The summed E-state index contributed by atoms with van der Waals surface area (Å²) in [5, 5.41) is -0.299. The van der Waals surface area contributed by atoms with E-state index >= 15 is 0 Å². The third-order valence-corrected chi connectivity index (χ3v) is 1.31. The summed E-state index contributed by atoms with van der Waals surface area (Å²) < 4.78 is 35.3. The predicted molar refractivity (Wildman–Crippen MR) is 30.8 cm³/mol. The molecule has 0 saturated carbocycles. The maximum atomic E-state index is 11.8. The van der Waals surface area contributed by atoms with Crippen molar-refractivity contribution in [3.63, 3.8) is 0 Å². The van der Waals surface area contributed by atoms with Crippen LogP contribution in [0, 0.1) is 0 Å². The van der Waals surface area contributed by atoms with Crippen LogP contribution >= 0.6 is 11.6 Å². The Kier molecular flexibility index (Phi) is 1.64. The molecule has 5 heteroatoms. The SMILES string of the molecule is FC(F)(F)c1c[nH]cc1Cl. The molecule has 0 unspecified atom stereocenters. The Hall–Kier alpha value is -0.640. The maximum absolute atomic E-state index is 11.8. The van der Waals surface area contributed by atoms with Crippen LogP contribution in [0.25, 0.3) is 0 Å². The Morgan fingerprint density at radius 1 is 1.30 bits per heavy atom. The average molecular weight is 170 g/mol. The lowest BCUT2D eigenvalue weighted by molar-refractivity contribution is -0.137. The molecule has 0 radical (unpaired) electrons. The van der Waals surface area contributed by atoms with E-state index in [1.807, 2.05) is 0 Å². The van der Waals surface area contributed by atoms with Crippen LogP contribution in [0.2, 0.25) is 5.02 Å². The largest absolute Gasteiger partial charge is 0.419 e. The highest BCUT2D eigenvalue weighted by Gasteiger charge is 2.33. The van der Waals surface area contributed by atoms with Crippen molar-refractivity contribution in [2.24, 2.45) is 0 Å². The van der Waals surface area contributed by atoms with E-state index in [2.05, 4.69) is 4.98 Å². The Morgan fingerprint density at radius 2 is 1.90 bits per heavy atom. The Balaban J connectivity index is 3.05. The Morgan fingerprint density at radius 3 is 2.10 bits per heavy atom. The number of aromatic nitrogens is 1. The normalized spacial score (nSPS) is 12.0. The van der Waals surface area contributed by atoms with Gasteiger partial charge in [-0.3, -0.25) is 0 Å². The summed E-state index contributed by atoms with van der Waals surface area (Å²) in [6.07, 6.45) is -2.44. The second-order valence-corrected chi connectivity index (χ2v) is 2.12. The van der Waals surface area contributed by atoms with E-state index in [1.54, 1.807) is 0 Å². The van der Waals surface area contributed by atoms with E-state index in [-0.39, 0.29) is 5.02 Å². The number of aromatic amines is 1. The summed E-state index contributed by atoms with van der Waals surface area (Å²) in [6, 6.07) is 0. The van der Waals surface area contributed by atoms with E-state index in [4.69, 9.17) is 11.6 Å². The molecule has 1 heterocycles. The summed E-state index contributed by atoms with van der Waals surface area (Å²) in [7, 11) is 0. The van der Waals surface area contributed by atoms with E-state index in [9.17, 15) is 13.2 Å². The molecule has 10 heavy (non-hydrogen) atoms. The van der Waals surface area contributed by atoms with Crippen molar-refractivity contribution in [1.82, 2.24) is 4.98 Å². The highest BCUT2D eigenvalue weighted by atomic mass is 35.5. The summed E-state index contributed by atoms with van der Waals surface area (Å²) in [4.78, 5) is 2.25. The molecule has 1 aromatic rings. The first kappa shape index (κ1) is 7.47. The average Bonchev–Trinajstić information content (AvgIpc) is 2.11. The summed E-state index contributed by atoms with van der Waals surface area (Å²) in [5.41, 5.74) is -0.825.